The quantitative estimate of drug-likeness (QED) is 0.704. The van der Waals surface area contributed by atoms with Gasteiger partial charge < -0.3 is 5.32 Å². The Morgan fingerprint density at radius 1 is 0.852 bits per heavy atom. The van der Waals surface area contributed by atoms with Gasteiger partial charge in [0.05, 0.1) is 6.04 Å². The maximum absolute atomic E-state index is 3.56. The van der Waals surface area contributed by atoms with Gasteiger partial charge in [-0.15, -0.1) is 0 Å². The molecule has 1 saturated heterocycles. The lowest BCUT2D eigenvalue weighted by molar-refractivity contribution is 0.170. The van der Waals surface area contributed by atoms with Crippen molar-refractivity contribution in [3.05, 3.63) is 95.6 Å². The lowest BCUT2D eigenvalue weighted by Gasteiger charge is -2.38. The zero-order valence-corrected chi connectivity index (χ0v) is 16.2. The SMILES string of the molecule is Cc1ccccc1-c1ccc([C@@H](c2ccccc2)N2CCN[C@H](C)C2)cc1. The summed E-state index contributed by atoms with van der Waals surface area (Å²) in [6.07, 6.45) is 0. The van der Waals surface area contributed by atoms with Crippen molar-refractivity contribution in [3.63, 3.8) is 0 Å². The van der Waals surface area contributed by atoms with Gasteiger partial charge in [0.2, 0.25) is 0 Å². The molecule has 0 aromatic heterocycles. The van der Waals surface area contributed by atoms with Crippen LogP contribution < -0.4 is 5.32 Å². The number of rotatable bonds is 4. The maximum atomic E-state index is 3.56. The Balaban J connectivity index is 1.69. The Hall–Kier alpha value is -2.42. The molecule has 0 aliphatic carbocycles. The predicted molar refractivity (Wildman–Crippen MR) is 114 cm³/mol. The number of nitrogens with zero attached hydrogens (tertiary/aromatic N) is 1. The predicted octanol–water partition coefficient (Wildman–Crippen LogP) is 5.05. The smallest absolute Gasteiger partial charge is 0.0602 e. The minimum absolute atomic E-state index is 0.307. The molecule has 138 valence electrons. The van der Waals surface area contributed by atoms with E-state index in [0.717, 1.165) is 19.6 Å². The summed E-state index contributed by atoms with van der Waals surface area (Å²) >= 11 is 0. The van der Waals surface area contributed by atoms with Crippen molar-refractivity contribution in [2.24, 2.45) is 0 Å². The summed E-state index contributed by atoms with van der Waals surface area (Å²) in [5, 5.41) is 3.56. The fourth-order valence-electron chi connectivity index (χ4n) is 4.19. The second-order valence-electron chi connectivity index (χ2n) is 7.60. The highest BCUT2D eigenvalue weighted by molar-refractivity contribution is 5.67. The molecule has 1 N–H and O–H groups in total. The van der Waals surface area contributed by atoms with E-state index in [1.807, 2.05) is 0 Å². The average Bonchev–Trinajstić information content (AvgIpc) is 2.70. The van der Waals surface area contributed by atoms with Crippen LogP contribution in [0.5, 0.6) is 0 Å². The van der Waals surface area contributed by atoms with Gasteiger partial charge in [0, 0.05) is 25.7 Å². The number of nitrogens with one attached hydrogen (secondary N) is 1. The molecule has 1 aliphatic heterocycles. The van der Waals surface area contributed by atoms with E-state index in [9.17, 15) is 0 Å². The first-order valence-corrected chi connectivity index (χ1v) is 9.91. The average molecular weight is 357 g/mol. The Morgan fingerprint density at radius 3 is 2.22 bits per heavy atom. The van der Waals surface area contributed by atoms with Crippen LogP contribution in [0.4, 0.5) is 0 Å². The molecule has 27 heavy (non-hydrogen) atoms. The van der Waals surface area contributed by atoms with E-state index in [1.165, 1.54) is 27.8 Å². The van der Waals surface area contributed by atoms with Crippen LogP contribution in [-0.4, -0.2) is 30.6 Å². The molecular weight excluding hydrogens is 328 g/mol. The summed E-state index contributed by atoms with van der Waals surface area (Å²) in [6, 6.07) is 29.5. The van der Waals surface area contributed by atoms with E-state index in [0.29, 0.717) is 12.1 Å². The molecule has 1 aliphatic rings. The van der Waals surface area contributed by atoms with Crippen molar-refractivity contribution in [1.29, 1.82) is 0 Å². The third-order valence-corrected chi connectivity index (χ3v) is 5.56. The van der Waals surface area contributed by atoms with E-state index < -0.39 is 0 Å². The molecule has 0 unspecified atom stereocenters. The van der Waals surface area contributed by atoms with Crippen molar-refractivity contribution in [1.82, 2.24) is 10.2 Å². The number of piperazine rings is 1. The van der Waals surface area contributed by atoms with Gasteiger partial charge in [0.25, 0.3) is 0 Å². The molecule has 0 radical (unpaired) electrons. The fraction of sp³-hybridized carbons (Fsp3) is 0.280. The van der Waals surface area contributed by atoms with Gasteiger partial charge in [-0.3, -0.25) is 4.90 Å². The highest BCUT2D eigenvalue weighted by Gasteiger charge is 2.26. The Kier molecular flexibility index (Phi) is 5.38. The van der Waals surface area contributed by atoms with Crippen LogP contribution in [0.15, 0.2) is 78.9 Å². The van der Waals surface area contributed by atoms with Gasteiger partial charge in [-0.05, 0) is 41.7 Å². The minimum Gasteiger partial charge on any atom is -0.312 e. The number of aryl methyl sites for hydroxylation is 1. The van der Waals surface area contributed by atoms with Crippen molar-refractivity contribution in [3.8, 4) is 11.1 Å². The van der Waals surface area contributed by atoms with Crippen LogP contribution in [0.2, 0.25) is 0 Å². The Labute approximate surface area is 162 Å². The molecule has 0 bridgehead atoms. The molecule has 3 aromatic rings. The van der Waals surface area contributed by atoms with E-state index in [2.05, 4.69) is 103 Å². The van der Waals surface area contributed by atoms with Crippen LogP contribution in [0.25, 0.3) is 11.1 Å². The van der Waals surface area contributed by atoms with Crippen LogP contribution in [-0.2, 0) is 0 Å². The fourth-order valence-corrected chi connectivity index (χ4v) is 4.19. The first-order chi connectivity index (χ1) is 13.2. The third kappa shape index (κ3) is 3.97. The van der Waals surface area contributed by atoms with Crippen molar-refractivity contribution in [2.45, 2.75) is 25.9 Å². The van der Waals surface area contributed by atoms with Gasteiger partial charge in [-0.1, -0.05) is 78.9 Å². The molecule has 0 saturated carbocycles. The van der Waals surface area contributed by atoms with Crippen LogP contribution in [0.1, 0.15) is 29.7 Å². The van der Waals surface area contributed by atoms with E-state index in [-0.39, 0.29) is 0 Å². The molecule has 3 aromatic carbocycles. The lowest BCUT2D eigenvalue weighted by atomic mass is 9.93. The van der Waals surface area contributed by atoms with Gasteiger partial charge in [0.1, 0.15) is 0 Å². The maximum Gasteiger partial charge on any atom is 0.0602 e. The summed E-state index contributed by atoms with van der Waals surface area (Å²) in [7, 11) is 0. The number of hydrogen-bond acceptors (Lipinski definition) is 2. The zero-order chi connectivity index (χ0) is 18.6. The molecule has 0 spiro atoms. The molecule has 2 atom stereocenters. The van der Waals surface area contributed by atoms with Crippen molar-refractivity contribution >= 4 is 0 Å². The minimum atomic E-state index is 0.307. The van der Waals surface area contributed by atoms with Gasteiger partial charge >= 0.3 is 0 Å². The molecule has 4 rings (SSSR count). The van der Waals surface area contributed by atoms with Crippen LogP contribution in [0.3, 0.4) is 0 Å². The zero-order valence-electron chi connectivity index (χ0n) is 16.2. The summed E-state index contributed by atoms with van der Waals surface area (Å²) in [5.74, 6) is 0. The highest BCUT2D eigenvalue weighted by atomic mass is 15.2. The summed E-state index contributed by atoms with van der Waals surface area (Å²) < 4.78 is 0. The summed E-state index contributed by atoms with van der Waals surface area (Å²) in [4.78, 5) is 2.61. The van der Waals surface area contributed by atoms with Gasteiger partial charge in [-0.25, -0.2) is 0 Å². The first kappa shape index (κ1) is 18.0. The molecule has 1 fully saturated rings. The monoisotopic (exact) mass is 356 g/mol. The number of benzene rings is 3. The number of hydrogen-bond donors (Lipinski definition) is 1. The molecule has 0 amide bonds. The van der Waals surface area contributed by atoms with Gasteiger partial charge in [-0.2, -0.15) is 0 Å². The van der Waals surface area contributed by atoms with Crippen LogP contribution in [0, 0.1) is 6.92 Å². The molecule has 2 nitrogen and oxygen atoms in total. The van der Waals surface area contributed by atoms with Crippen molar-refractivity contribution < 1.29 is 0 Å². The summed E-state index contributed by atoms with van der Waals surface area (Å²) in [5.41, 5.74) is 6.66. The standard InChI is InChI=1S/C25H28N2/c1-19-8-6-7-11-24(19)21-12-14-23(15-13-21)25(22-9-4-3-5-10-22)27-17-16-26-20(2)18-27/h3-15,20,25-26H,16-18H2,1-2H3/t20-,25-/m1/s1. The normalized spacial score (nSPS) is 19.0. The summed E-state index contributed by atoms with van der Waals surface area (Å²) in [6.45, 7) is 7.64. The molecular formula is C25H28N2. The van der Waals surface area contributed by atoms with E-state index in [1.54, 1.807) is 0 Å². The Morgan fingerprint density at radius 2 is 1.52 bits per heavy atom. The molecule has 2 heteroatoms. The van der Waals surface area contributed by atoms with Gasteiger partial charge in [0.15, 0.2) is 0 Å². The second kappa shape index (κ2) is 8.08. The Bertz CT molecular complexity index is 870. The third-order valence-electron chi connectivity index (χ3n) is 5.56. The first-order valence-electron chi connectivity index (χ1n) is 9.91. The lowest BCUT2D eigenvalue weighted by Crippen LogP contribution is -2.50. The molecule has 1 heterocycles. The topological polar surface area (TPSA) is 15.3 Å². The second-order valence-corrected chi connectivity index (χ2v) is 7.60. The van der Waals surface area contributed by atoms with E-state index in [4.69, 9.17) is 0 Å². The van der Waals surface area contributed by atoms with E-state index >= 15 is 0 Å². The van der Waals surface area contributed by atoms with Crippen LogP contribution >= 0.6 is 0 Å². The highest BCUT2D eigenvalue weighted by Crippen LogP contribution is 2.31. The largest absolute Gasteiger partial charge is 0.312 e. The van der Waals surface area contributed by atoms with Crippen molar-refractivity contribution in [2.75, 3.05) is 19.6 Å².